The van der Waals surface area contributed by atoms with Gasteiger partial charge in [0.1, 0.15) is 5.82 Å². The van der Waals surface area contributed by atoms with Crippen molar-refractivity contribution in [3.8, 4) is 0 Å². The Balaban J connectivity index is 2.37. The molecule has 0 amide bonds. The van der Waals surface area contributed by atoms with Crippen molar-refractivity contribution in [1.29, 1.82) is 0 Å². The van der Waals surface area contributed by atoms with Crippen molar-refractivity contribution in [2.24, 2.45) is 0 Å². The molecular formula is C10H13FS. The molecule has 0 saturated carbocycles. The summed E-state index contributed by atoms with van der Waals surface area (Å²) in [6, 6.07) is 6.76. The first-order valence-corrected chi connectivity index (χ1v) is 5.45. The third-order valence-corrected chi connectivity index (χ3v) is 2.42. The fourth-order valence-corrected chi connectivity index (χ4v) is 1.50. The second kappa shape index (κ2) is 5.20. The number of aryl methyl sites for hydroxylation is 1. The molecule has 0 aliphatic rings. The summed E-state index contributed by atoms with van der Waals surface area (Å²) in [6.45, 7) is 0. The van der Waals surface area contributed by atoms with Crippen LogP contribution in [0.3, 0.4) is 0 Å². The van der Waals surface area contributed by atoms with E-state index in [9.17, 15) is 4.39 Å². The largest absolute Gasteiger partial charge is 0.207 e. The lowest BCUT2D eigenvalue weighted by atomic mass is 10.1. The maximum absolute atomic E-state index is 12.5. The highest BCUT2D eigenvalue weighted by Gasteiger charge is 1.93. The summed E-state index contributed by atoms with van der Waals surface area (Å²) in [5, 5.41) is 0. The fourth-order valence-electron chi connectivity index (χ4n) is 1.07. The van der Waals surface area contributed by atoms with E-state index in [4.69, 9.17) is 0 Å². The van der Waals surface area contributed by atoms with Crippen LogP contribution in [-0.4, -0.2) is 12.0 Å². The average Bonchev–Trinajstić information content (AvgIpc) is 2.09. The van der Waals surface area contributed by atoms with Gasteiger partial charge in [-0.05, 0) is 42.5 Å². The van der Waals surface area contributed by atoms with E-state index < -0.39 is 0 Å². The number of hydrogen-bond donors (Lipinski definition) is 0. The van der Waals surface area contributed by atoms with Gasteiger partial charge in [0.25, 0.3) is 0 Å². The zero-order chi connectivity index (χ0) is 8.81. The topological polar surface area (TPSA) is 0 Å². The molecule has 12 heavy (non-hydrogen) atoms. The van der Waals surface area contributed by atoms with Crippen molar-refractivity contribution in [3.63, 3.8) is 0 Å². The van der Waals surface area contributed by atoms with Crippen LogP contribution in [0.2, 0.25) is 0 Å². The average molecular weight is 184 g/mol. The van der Waals surface area contributed by atoms with Crippen molar-refractivity contribution in [2.75, 3.05) is 12.0 Å². The Kier molecular flexibility index (Phi) is 4.15. The smallest absolute Gasteiger partial charge is 0.123 e. The molecule has 1 aromatic rings. The maximum Gasteiger partial charge on any atom is 0.123 e. The monoisotopic (exact) mass is 184 g/mol. The third kappa shape index (κ3) is 3.26. The lowest BCUT2D eigenvalue weighted by Crippen LogP contribution is -1.87. The lowest BCUT2D eigenvalue weighted by molar-refractivity contribution is 0.627. The zero-order valence-corrected chi connectivity index (χ0v) is 8.03. The van der Waals surface area contributed by atoms with Crippen molar-refractivity contribution in [2.45, 2.75) is 12.8 Å². The van der Waals surface area contributed by atoms with Crippen LogP contribution in [-0.2, 0) is 6.42 Å². The number of hydrogen-bond acceptors (Lipinski definition) is 1. The zero-order valence-electron chi connectivity index (χ0n) is 7.22. The van der Waals surface area contributed by atoms with Crippen molar-refractivity contribution < 1.29 is 4.39 Å². The highest BCUT2D eigenvalue weighted by molar-refractivity contribution is 7.98. The summed E-state index contributed by atoms with van der Waals surface area (Å²) in [5.41, 5.74) is 1.23. The molecule has 66 valence electrons. The van der Waals surface area contributed by atoms with Gasteiger partial charge in [-0.1, -0.05) is 12.1 Å². The third-order valence-electron chi connectivity index (χ3n) is 1.73. The number of benzene rings is 1. The molecular weight excluding hydrogens is 171 g/mol. The van der Waals surface area contributed by atoms with Crippen molar-refractivity contribution in [1.82, 2.24) is 0 Å². The Bertz CT molecular complexity index is 218. The predicted molar refractivity (Wildman–Crippen MR) is 53.1 cm³/mol. The van der Waals surface area contributed by atoms with Crippen molar-refractivity contribution >= 4 is 11.8 Å². The van der Waals surface area contributed by atoms with Gasteiger partial charge in [-0.2, -0.15) is 11.8 Å². The van der Waals surface area contributed by atoms with E-state index in [1.807, 2.05) is 23.9 Å². The molecule has 0 spiro atoms. The van der Waals surface area contributed by atoms with E-state index >= 15 is 0 Å². The van der Waals surface area contributed by atoms with Gasteiger partial charge in [0.15, 0.2) is 0 Å². The van der Waals surface area contributed by atoms with E-state index in [-0.39, 0.29) is 5.82 Å². The van der Waals surface area contributed by atoms with Crippen LogP contribution < -0.4 is 0 Å². The van der Waals surface area contributed by atoms with E-state index in [1.54, 1.807) is 0 Å². The van der Waals surface area contributed by atoms with Gasteiger partial charge in [-0.3, -0.25) is 0 Å². The fraction of sp³-hybridized carbons (Fsp3) is 0.400. The summed E-state index contributed by atoms with van der Waals surface area (Å²) >= 11 is 1.85. The molecule has 0 bridgehead atoms. The Labute approximate surface area is 77.2 Å². The maximum atomic E-state index is 12.5. The van der Waals surface area contributed by atoms with E-state index in [2.05, 4.69) is 6.26 Å². The second-order valence-electron chi connectivity index (χ2n) is 2.72. The number of thioether (sulfide) groups is 1. The number of halogens is 1. The molecule has 2 heteroatoms. The highest BCUT2D eigenvalue weighted by atomic mass is 32.2. The summed E-state index contributed by atoms with van der Waals surface area (Å²) in [7, 11) is 0. The molecule has 0 aromatic heterocycles. The first-order valence-electron chi connectivity index (χ1n) is 4.06. The molecule has 0 radical (unpaired) electrons. The molecule has 1 aromatic carbocycles. The Hall–Kier alpha value is -0.500. The molecule has 0 N–H and O–H groups in total. The first-order chi connectivity index (χ1) is 5.83. The molecule has 0 aliphatic heterocycles. The van der Waals surface area contributed by atoms with Gasteiger partial charge < -0.3 is 0 Å². The summed E-state index contributed by atoms with van der Waals surface area (Å²) in [5.74, 6) is 1.03. The highest BCUT2D eigenvalue weighted by Crippen LogP contribution is 2.07. The molecule has 0 heterocycles. The molecule has 0 saturated heterocycles. The molecule has 0 fully saturated rings. The normalized spacial score (nSPS) is 10.2. The minimum Gasteiger partial charge on any atom is -0.207 e. The molecule has 0 atom stereocenters. The Morgan fingerprint density at radius 3 is 2.50 bits per heavy atom. The Morgan fingerprint density at radius 2 is 1.92 bits per heavy atom. The second-order valence-corrected chi connectivity index (χ2v) is 3.71. The van der Waals surface area contributed by atoms with E-state index in [1.165, 1.54) is 29.9 Å². The van der Waals surface area contributed by atoms with Crippen LogP contribution in [0.5, 0.6) is 0 Å². The summed E-state index contributed by atoms with van der Waals surface area (Å²) in [4.78, 5) is 0. The first kappa shape index (κ1) is 9.59. The van der Waals surface area contributed by atoms with Crippen LogP contribution in [0.25, 0.3) is 0 Å². The van der Waals surface area contributed by atoms with Crippen LogP contribution in [0, 0.1) is 5.82 Å². The molecule has 0 nitrogen and oxygen atoms in total. The molecule has 0 aliphatic carbocycles. The SMILES string of the molecule is CSCCCc1ccc(F)cc1. The lowest BCUT2D eigenvalue weighted by Gasteiger charge is -1.99. The van der Waals surface area contributed by atoms with Gasteiger partial charge in [0.2, 0.25) is 0 Å². The van der Waals surface area contributed by atoms with Gasteiger partial charge >= 0.3 is 0 Å². The minimum absolute atomic E-state index is 0.149. The summed E-state index contributed by atoms with van der Waals surface area (Å²) < 4.78 is 12.5. The van der Waals surface area contributed by atoms with Crippen LogP contribution >= 0.6 is 11.8 Å². The van der Waals surface area contributed by atoms with Gasteiger partial charge in [0, 0.05) is 0 Å². The standard InChI is InChI=1S/C10H13FS/c1-12-8-2-3-9-4-6-10(11)7-5-9/h4-7H,2-3,8H2,1H3. The van der Waals surface area contributed by atoms with E-state index in [0.717, 1.165) is 6.42 Å². The summed E-state index contributed by atoms with van der Waals surface area (Å²) in [6.07, 6.45) is 4.33. The predicted octanol–water partition coefficient (Wildman–Crippen LogP) is 3.12. The van der Waals surface area contributed by atoms with Crippen LogP contribution in [0.1, 0.15) is 12.0 Å². The number of rotatable bonds is 4. The van der Waals surface area contributed by atoms with Gasteiger partial charge in [-0.25, -0.2) is 4.39 Å². The molecule has 0 unspecified atom stereocenters. The Morgan fingerprint density at radius 1 is 1.25 bits per heavy atom. The minimum atomic E-state index is -0.149. The van der Waals surface area contributed by atoms with Crippen LogP contribution in [0.4, 0.5) is 4.39 Å². The quantitative estimate of drug-likeness (QED) is 0.648. The van der Waals surface area contributed by atoms with Crippen LogP contribution in [0.15, 0.2) is 24.3 Å². The van der Waals surface area contributed by atoms with E-state index in [0.29, 0.717) is 0 Å². The van der Waals surface area contributed by atoms with Crippen molar-refractivity contribution in [3.05, 3.63) is 35.6 Å². The van der Waals surface area contributed by atoms with Gasteiger partial charge in [0.05, 0.1) is 0 Å². The van der Waals surface area contributed by atoms with Gasteiger partial charge in [-0.15, -0.1) is 0 Å². The molecule has 1 rings (SSSR count).